The first-order valence-corrected chi connectivity index (χ1v) is 11.1. The minimum absolute atomic E-state index is 0.261. The largest absolute Gasteiger partial charge is 0.453 e. The van der Waals surface area contributed by atoms with Crippen molar-refractivity contribution in [1.29, 1.82) is 0 Å². The molecule has 0 fully saturated rings. The third-order valence-electron chi connectivity index (χ3n) is 5.05. The average molecular weight is 451 g/mol. The number of hydrogen-bond donors (Lipinski definition) is 0. The number of thioether (sulfide) groups is 1. The van der Waals surface area contributed by atoms with Gasteiger partial charge in [0.25, 0.3) is 0 Å². The van der Waals surface area contributed by atoms with Crippen molar-refractivity contribution in [2.75, 3.05) is 12.9 Å². The van der Waals surface area contributed by atoms with Gasteiger partial charge in [0.1, 0.15) is 5.76 Å². The van der Waals surface area contributed by atoms with Gasteiger partial charge in [-0.2, -0.15) is 0 Å². The number of rotatable bonds is 7. The van der Waals surface area contributed by atoms with E-state index < -0.39 is 5.97 Å². The number of aryl methyl sites for hydroxylation is 2. The van der Waals surface area contributed by atoms with Gasteiger partial charge in [-0.15, -0.1) is 0 Å². The highest BCUT2D eigenvalue weighted by Crippen LogP contribution is 2.23. The fourth-order valence-electron chi connectivity index (χ4n) is 3.59. The van der Waals surface area contributed by atoms with Gasteiger partial charge < -0.3 is 9.26 Å². The Morgan fingerprint density at radius 3 is 2.50 bits per heavy atom. The lowest BCUT2D eigenvalue weighted by atomic mass is 10.1. The Hall–Kier alpha value is -3.59. The third kappa shape index (κ3) is 3.99. The molecule has 8 nitrogen and oxygen atoms in total. The number of aromatic nitrogens is 4. The molecule has 0 aliphatic rings. The van der Waals surface area contributed by atoms with Crippen molar-refractivity contribution >= 4 is 23.5 Å². The third-order valence-corrected chi connectivity index (χ3v) is 5.70. The van der Waals surface area contributed by atoms with Crippen molar-refractivity contribution in [2.24, 2.45) is 0 Å². The maximum atomic E-state index is 12.9. The molecule has 0 radical (unpaired) electrons. The van der Waals surface area contributed by atoms with E-state index in [0.717, 1.165) is 11.4 Å². The molecule has 4 rings (SSSR count). The normalized spacial score (nSPS) is 11.0. The van der Waals surface area contributed by atoms with E-state index in [1.54, 1.807) is 23.6 Å². The van der Waals surface area contributed by atoms with E-state index in [1.165, 1.54) is 18.0 Å². The predicted octanol–water partition coefficient (Wildman–Crippen LogP) is 4.34. The van der Waals surface area contributed by atoms with Crippen LogP contribution in [0.5, 0.6) is 0 Å². The second kappa shape index (κ2) is 8.88. The molecule has 164 valence electrons. The molecule has 4 aromatic rings. The van der Waals surface area contributed by atoms with E-state index in [2.05, 4.69) is 10.1 Å². The summed E-state index contributed by atoms with van der Waals surface area (Å²) in [6, 6.07) is 13.0. The maximum absolute atomic E-state index is 12.9. The van der Waals surface area contributed by atoms with Crippen LogP contribution < -0.4 is 0 Å². The van der Waals surface area contributed by atoms with Crippen molar-refractivity contribution in [3.63, 3.8) is 0 Å². The van der Waals surface area contributed by atoms with Crippen molar-refractivity contribution < 1.29 is 18.8 Å². The smallest absolute Gasteiger partial charge is 0.357 e. The number of benzene rings is 1. The maximum Gasteiger partial charge on any atom is 0.357 e. The number of imidazole rings is 1. The van der Waals surface area contributed by atoms with Gasteiger partial charge in [-0.05, 0) is 45.2 Å². The summed E-state index contributed by atoms with van der Waals surface area (Å²) in [5, 5.41) is 4.68. The predicted molar refractivity (Wildman–Crippen MR) is 120 cm³/mol. The molecule has 0 amide bonds. The van der Waals surface area contributed by atoms with E-state index in [9.17, 15) is 9.59 Å². The molecular weight excluding hydrogens is 428 g/mol. The SMILES string of the molecule is CSc1ncc(C(=O)OCC(=O)c2cc(C)n(-c3cc(C)on3)c2C)n1-c1ccccc1. The second-order valence-electron chi connectivity index (χ2n) is 7.22. The molecule has 0 aliphatic carbocycles. The molecule has 9 heteroatoms. The van der Waals surface area contributed by atoms with Crippen LogP contribution in [0.2, 0.25) is 0 Å². The number of Topliss-reactive ketones (excluding diaryl/α,β-unsaturated/α-hetero) is 1. The summed E-state index contributed by atoms with van der Waals surface area (Å²) in [5.41, 5.74) is 3.06. The standard InChI is InChI=1S/C23H22N4O4S/c1-14-10-18(16(3)26(14)21-11-15(2)31-25-21)20(28)13-30-22(29)19-12-24-23(32-4)27(19)17-8-6-5-7-9-17/h5-12H,13H2,1-4H3. The molecule has 1 aromatic carbocycles. The van der Waals surface area contributed by atoms with Gasteiger partial charge >= 0.3 is 5.97 Å². The fraction of sp³-hybridized carbons (Fsp3) is 0.217. The number of ketones is 1. The van der Waals surface area contributed by atoms with Gasteiger partial charge in [-0.25, -0.2) is 9.78 Å². The summed E-state index contributed by atoms with van der Waals surface area (Å²) in [6.45, 7) is 5.12. The molecule has 3 aromatic heterocycles. The highest BCUT2D eigenvalue weighted by atomic mass is 32.2. The molecule has 3 heterocycles. The van der Waals surface area contributed by atoms with E-state index in [0.29, 0.717) is 28.0 Å². The molecule has 0 bridgehead atoms. The van der Waals surface area contributed by atoms with Crippen LogP contribution in [-0.4, -0.2) is 43.9 Å². The summed E-state index contributed by atoms with van der Waals surface area (Å²) >= 11 is 1.42. The Balaban J connectivity index is 1.54. The lowest BCUT2D eigenvalue weighted by Crippen LogP contribution is -2.17. The molecule has 0 unspecified atom stereocenters. The average Bonchev–Trinajstić information content (AvgIpc) is 3.49. The number of hydrogen-bond acceptors (Lipinski definition) is 7. The molecule has 32 heavy (non-hydrogen) atoms. The lowest BCUT2D eigenvalue weighted by molar-refractivity contribution is 0.0466. The van der Waals surface area contributed by atoms with E-state index in [1.807, 2.05) is 55.0 Å². The Morgan fingerprint density at radius 2 is 1.84 bits per heavy atom. The summed E-state index contributed by atoms with van der Waals surface area (Å²) in [7, 11) is 0. The molecule has 0 N–H and O–H groups in total. The van der Waals surface area contributed by atoms with E-state index in [-0.39, 0.29) is 18.1 Å². The number of carbonyl (C=O) groups excluding carboxylic acids is 2. The molecule has 0 saturated carbocycles. The van der Waals surface area contributed by atoms with Crippen LogP contribution in [0.25, 0.3) is 11.5 Å². The summed E-state index contributed by atoms with van der Waals surface area (Å²) in [5.74, 6) is 0.364. The summed E-state index contributed by atoms with van der Waals surface area (Å²) < 4.78 is 14.1. The number of ether oxygens (including phenoxy) is 1. The topological polar surface area (TPSA) is 92.2 Å². The zero-order chi connectivity index (χ0) is 22.8. The minimum atomic E-state index is -0.615. The molecule has 0 aliphatic heterocycles. The van der Waals surface area contributed by atoms with Gasteiger partial charge in [-0.1, -0.05) is 35.1 Å². The van der Waals surface area contributed by atoms with Gasteiger partial charge in [0.05, 0.1) is 6.20 Å². The first-order valence-electron chi connectivity index (χ1n) is 9.90. The van der Waals surface area contributed by atoms with Crippen molar-refractivity contribution in [1.82, 2.24) is 19.3 Å². The number of esters is 1. The van der Waals surface area contributed by atoms with E-state index >= 15 is 0 Å². The van der Waals surface area contributed by atoms with E-state index in [4.69, 9.17) is 9.26 Å². The Labute approximate surface area is 189 Å². The first-order chi connectivity index (χ1) is 15.4. The molecule has 0 spiro atoms. The van der Waals surface area contributed by atoms with Crippen molar-refractivity contribution in [2.45, 2.75) is 25.9 Å². The van der Waals surface area contributed by atoms with Gasteiger partial charge in [0.15, 0.2) is 23.3 Å². The van der Waals surface area contributed by atoms with Crippen LogP contribution >= 0.6 is 11.8 Å². The zero-order valence-corrected chi connectivity index (χ0v) is 19.0. The van der Waals surface area contributed by atoms with Crippen LogP contribution in [-0.2, 0) is 4.74 Å². The minimum Gasteiger partial charge on any atom is -0.453 e. The van der Waals surface area contributed by atoms with Crippen molar-refractivity contribution in [3.05, 3.63) is 77.1 Å². The molecular formula is C23H22N4O4S. The van der Waals surface area contributed by atoms with Gasteiger partial charge in [-0.3, -0.25) is 13.9 Å². The van der Waals surface area contributed by atoms with Gasteiger partial charge in [0, 0.05) is 28.7 Å². The monoisotopic (exact) mass is 450 g/mol. The highest BCUT2D eigenvalue weighted by Gasteiger charge is 2.22. The number of nitrogens with zero attached hydrogens (tertiary/aromatic N) is 4. The Bertz CT molecular complexity index is 1290. The number of para-hydroxylation sites is 1. The number of carbonyl (C=O) groups is 2. The van der Waals surface area contributed by atoms with Crippen LogP contribution in [0, 0.1) is 20.8 Å². The van der Waals surface area contributed by atoms with Crippen LogP contribution in [0.4, 0.5) is 0 Å². The van der Waals surface area contributed by atoms with Gasteiger partial charge in [0.2, 0.25) is 5.78 Å². The first kappa shape index (κ1) is 21.6. The summed E-state index contributed by atoms with van der Waals surface area (Å²) in [6.07, 6.45) is 3.34. The van der Waals surface area contributed by atoms with Crippen LogP contribution in [0.1, 0.15) is 38.0 Å². The second-order valence-corrected chi connectivity index (χ2v) is 7.99. The lowest BCUT2D eigenvalue weighted by Gasteiger charge is -2.10. The Kier molecular flexibility index (Phi) is 6.00. The quantitative estimate of drug-likeness (QED) is 0.235. The van der Waals surface area contributed by atoms with Crippen molar-refractivity contribution in [3.8, 4) is 11.5 Å². The summed E-state index contributed by atoms with van der Waals surface area (Å²) in [4.78, 5) is 30.0. The van der Waals surface area contributed by atoms with Crippen LogP contribution in [0.15, 0.2) is 58.3 Å². The zero-order valence-electron chi connectivity index (χ0n) is 18.2. The molecule has 0 saturated heterocycles. The van der Waals surface area contributed by atoms with Crippen LogP contribution in [0.3, 0.4) is 0 Å². The fourth-order valence-corrected chi connectivity index (χ4v) is 4.13. The Morgan fingerprint density at radius 1 is 1.09 bits per heavy atom. The highest BCUT2D eigenvalue weighted by molar-refractivity contribution is 7.98. The molecule has 0 atom stereocenters.